The van der Waals surface area contributed by atoms with Crippen molar-refractivity contribution in [3.8, 4) is 23.4 Å². The summed E-state index contributed by atoms with van der Waals surface area (Å²) in [5.74, 6) is 1.85. The molecule has 0 saturated carbocycles. The first-order valence-electron chi connectivity index (χ1n) is 5.70. The highest BCUT2D eigenvalue weighted by atomic mass is 79.9. The molecule has 0 aliphatic carbocycles. The number of nitrogens with zero attached hydrogens (tertiary/aromatic N) is 2. The monoisotopic (exact) mass is 324 g/mol. The van der Waals surface area contributed by atoms with E-state index in [-0.39, 0.29) is 6.01 Å². The predicted octanol–water partition coefficient (Wildman–Crippen LogP) is 3.44. The van der Waals surface area contributed by atoms with E-state index in [1.54, 1.807) is 18.3 Å². The van der Waals surface area contributed by atoms with Gasteiger partial charge in [0.15, 0.2) is 0 Å². The van der Waals surface area contributed by atoms with Crippen LogP contribution in [0.4, 0.5) is 0 Å². The topological polar surface area (TPSA) is 53.5 Å². The molecular formula is C13H13BrN2O3. The van der Waals surface area contributed by atoms with Crippen molar-refractivity contribution in [2.24, 2.45) is 0 Å². The van der Waals surface area contributed by atoms with Gasteiger partial charge >= 0.3 is 6.01 Å². The predicted molar refractivity (Wildman–Crippen MR) is 74.0 cm³/mol. The Bertz CT molecular complexity index is 546. The summed E-state index contributed by atoms with van der Waals surface area (Å²) in [7, 11) is 1.54. The molecule has 1 aromatic carbocycles. The summed E-state index contributed by atoms with van der Waals surface area (Å²) in [5, 5.41) is 0. The lowest BCUT2D eigenvalue weighted by atomic mass is 10.3. The zero-order valence-corrected chi connectivity index (χ0v) is 12.2. The third-order valence-electron chi connectivity index (χ3n) is 2.23. The van der Waals surface area contributed by atoms with E-state index >= 15 is 0 Å². The van der Waals surface area contributed by atoms with Gasteiger partial charge in [-0.05, 0) is 47.1 Å². The highest BCUT2D eigenvalue weighted by Crippen LogP contribution is 2.26. The summed E-state index contributed by atoms with van der Waals surface area (Å²) in [6, 6.07) is 7.47. The molecule has 19 heavy (non-hydrogen) atoms. The van der Waals surface area contributed by atoms with E-state index in [0.717, 1.165) is 5.75 Å². The van der Waals surface area contributed by atoms with E-state index in [9.17, 15) is 0 Å². The van der Waals surface area contributed by atoms with Crippen LogP contribution in [0.15, 0.2) is 34.9 Å². The molecule has 1 aromatic heterocycles. The number of ether oxygens (including phenoxy) is 3. The largest absolute Gasteiger partial charge is 0.494 e. The second kappa shape index (κ2) is 6.38. The molecule has 2 aromatic rings. The van der Waals surface area contributed by atoms with Gasteiger partial charge < -0.3 is 14.2 Å². The van der Waals surface area contributed by atoms with Crippen LogP contribution < -0.4 is 14.2 Å². The lowest BCUT2D eigenvalue weighted by molar-refractivity contribution is 0.339. The summed E-state index contributed by atoms with van der Waals surface area (Å²) in [4.78, 5) is 8.16. The van der Waals surface area contributed by atoms with Crippen molar-refractivity contribution in [2.45, 2.75) is 6.92 Å². The minimum absolute atomic E-state index is 0.226. The molecule has 1 heterocycles. The van der Waals surface area contributed by atoms with Crippen LogP contribution in [0, 0.1) is 0 Å². The van der Waals surface area contributed by atoms with Crippen LogP contribution in [0.25, 0.3) is 0 Å². The minimum atomic E-state index is 0.226. The second-order valence-corrected chi connectivity index (χ2v) is 4.37. The molecule has 0 amide bonds. The summed E-state index contributed by atoms with van der Waals surface area (Å²) in [6.07, 6.45) is 1.58. The first kappa shape index (κ1) is 13.6. The van der Waals surface area contributed by atoms with Crippen LogP contribution in [-0.2, 0) is 0 Å². The number of rotatable bonds is 5. The number of hydrogen-bond donors (Lipinski definition) is 0. The van der Waals surface area contributed by atoms with Crippen LogP contribution in [0.1, 0.15) is 6.92 Å². The summed E-state index contributed by atoms with van der Waals surface area (Å²) >= 11 is 3.28. The Morgan fingerprint density at radius 3 is 2.47 bits per heavy atom. The quantitative estimate of drug-likeness (QED) is 0.843. The van der Waals surface area contributed by atoms with Gasteiger partial charge in [0, 0.05) is 0 Å². The summed E-state index contributed by atoms with van der Waals surface area (Å²) < 4.78 is 16.6. The van der Waals surface area contributed by atoms with Gasteiger partial charge in [0.25, 0.3) is 0 Å². The van der Waals surface area contributed by atoms with Gasteiger partial charge in [-0.25, -0.2) is 4.98 Å². The minimum Gasteiger partial charge on any atom is -0.494 e. The number of halogens is 1. The lowest BCUT2D eigenvalue weighted by Crippen LogP contribution is -1.96. The fraction of sp³-hybridized carbons (Fsp3) is 0.231. The van der Waals surface area contributed by atoms with Gasteiger partial charge in [-0.3, -0.25) is 0 Å². The lowest BCUT2D eigenvalue weighted by Gasteiger charge is -2.07. The van der Waals surface area contributed by atoms with Crippen LogP contribution in [0.5, 0.6) is 23.4 Å². The Kier molecular flexibility index (Phi) is 4.57. The number of benzene rings is 1. The van der Waals surface area contributed by atoms with E-state index in [1.165, 1.54) is 7.11 Å². The van der Waals surface area contributed by atoms with Gasteiger partial charge in [0.05, 0.1) is 24.4 Å². The SMILES string of the molecule is CCOc1ccc(Oc2ncc(Br)c(OC)n2)cc1. The van der Waals surface area contributed by atoms with Crippen LogP contribution >= 0.6 is 15.9 Å². The molecule has 0 fully saturated rings. The van der Waals surface area contributed by atoms with Crippen molar-refractivity contribution in [3.63, 3.8) is 0 Å². The van der Waals surface area contributed by atoms with E-state index in [1.807, 2.05) is 19.1 Å². The fourth-order valence-corrected chi connectivity index (χ4v) is 1.76. The van der Waals surface area contributed by atoms with Gasteiger partial charge in [-0.15, -0.1) is 0 Å². The number of hydrogen-bond acceptors (Lipinski definition) is 5. The van der Waals surface area contributed by atoms with Gasteiger partial charge in [-0.1, -0.05) is 0 Å². The third kappa shape index (κ3) is 3.57. The zero-order valence-electron chi connectivity index (χ0n) is 10.6. The van der Waals surface area contributed by atoms with Crippen molar-refractivity contribution in [2.75, 3.05) is 13.7 Å². The number of methoxy groups -OCH3 is 1. The normalized spacial score (nSPS) is 10.1. The van der Waals surface area contributed by atoms with Crippen molar-refractivity contribution in [1.29, 1.82) is 0 Å². The molecular weight excluding hydrogens is 312 g/mol. The third-order valence-corrected chi connectivity index (χ3v) is 2.77. The smallest absolute Gasteiger partial charge is 0.325 e. The molecule has 2 rings (SSSR count). The maximum Gasteiger partial charge on any atom is 0.325 e. The van der Waals surface area contributed by atoms with E-state index in [4.69, 9.17) is 14.2 Å². The van der Waals surface area contributed by atoms with E-state index in [0.29, 0.717) is 22.7 Å². The molecule has 6 heteroatoms. The van der Waals surface area contributed by atoms with Gasteiger partial charge in [-0.2, -0.15) is 4.98 Å². The van der Waals surface area contributed by atoms with Crippen molar-refractivity contribution < 1.29 is 14.2 Å². The average Bonchev–Trinajstić information content (AvgIpc) is 2.43. The maximum atomic E-state index is 5.53. The Morgan fingerprint density at radius 1 is 1.16 bits per heavy atom. The van der Waals surface area contributed by atoms with E-state index < -0.39 is 0 Å². The highest BCUT2D eigenvalue weighted by molar-refractivity contribution is 9.10. The molecule has 5 nitrogen and oxygen atoms in total. The molecule has 0 saturated heterocycles. The Morgan fingerprint density at radius 2 is 1.84 bits per heavy atom. The zero-order chi connectivity index (χ0) is 13.7. The van der Waals surface area contributed by atoms with Crippen molar-refractivity contribution >= 4 is 15.9 Å². The standard InChI is InChI=1S/C13H13BrN2O3/c1-3-18-9-4-6-10(7-5-9)19-13-15-8-11(14)12(16-13)17-2/h4-8H,3H2,1-2H3. The molecule has 0 N–H and O–H groups in total. The molecule has 0 radical (unpaired) electrons. The highest BCUT2D eigenvalue weighted by Gasteiger charge is 2.07. The molecule has 0 aliphatic heterocycles. The molecule has 100 valence electrons. The second-order valence-electron chi connectivity index (χ2n) is 3.52. The van der Waals surface area contributed by atoms with Crippen LogP contribution in [0.3, 0.4) is 0 Å². The Labute approximate surface area is 119 Å². The van der Waals surface area contributed by atoms with Crippen molar-refractivity contribution in [1.82, 2.24) is 9.97 Å². The average molecular weight is 325 g/mol. The fourth-order valence-electron chi connectivity index (χ4n) is 1.40. The first-order valence-corrected chi connectivity index (χ1v) is 6.49. The molecule has 0 bridgehead atoms. The van der Waals surface area contributed by atoms with Gasteiger partial charge in [0.1, 0.15) is 11.5 Å². The maximum absolute atomic E-state index is 5.53. The summed E-state index contributed by atoms with van der Waals surface area (Å²) in [6.45, 7) is 2.57. The van der Waals surface area contributed by atoms with Gasteiger partial charge in [0.2, 0.25) is 5.88 Å². The van der Waals surface area contributed by atoms with Crippen LogP contribution in [0.2, 0.25) is 0 Å². The van der Waals surface area contributed by atoms with E-state index in [2.05, 4.69) is 25.9 Å². The summed E-state index contributed by atoms with van der Waals surface area (Å²) in [5.41, 5.74) is 0. The molecule has 0 atom stereocenters. The van der Waals surface area contributed by atoms with Crippen molar-refractivity contribution in [3.05, 3.63) is 34.9 Å². The Balaban J connectivity index is 2.12. The first-order chi connectivity index (χ1) is 9.22. The molecule has 0 aliphatic rings. The number of aromatic nitrogens is 2. The molecule has 0 unspecified atom stereocenters. The molecule has 0 spiro atoms. The Hall–Kier alpha value is -1.82. The van der Waals surface area contributed by atoms with Crippen LogP contribution in [-0.4, -0.2) is 23.7 Å².